The van der Waals surface area contributed by atoms with Crippen LogP contribution in [0.4, 0.5) is 0 Å². The van der Waals surface area contributed by atoms with E-state index in [9.17, 15) is 8.42 Å². The Kier molecular flexibility index (Phi) is 5.37. The number of sulfonamides is 1. The van der Waals surface area contributed by atoms with E-state index in [1.54, 1.807) is 16.4 Å². The Hall–Kier alpha value is -1.24. The molecule has 6 heteroatoms. The first-order chi connectivity index (χ1) is 11.4. The Morgan fingerprint density at radius 3 is 2.38 bits per heavy atom. The molecule has 0 radical (unpaired) electrons. The molecule has 1 saturated heterocycles. The highest BCUT2D eigenvalue weighted by atomic mass is 79.9. The molecule has 0 aliphatic carbocycles. The lowest BCUT2D eigenvalue weighted by atomic mass is 9.93. The number of hydrogen-bond donors (Lipinski definition) is 0. The van der Waals surface area contributed by atoms with Crippen LogP contribution in [0.25, 0.3) is 0 Å². The number of aryl methyl sites for hydroxylation is 1. The van der Waals surface area contributed by atoms with Gasteiger partial charge in [0, 0.05) is 29.5 Å². The van der Waals surface area contributed by atoms with Crippen molar-refractivity contribution in [3.63, 3.8) is 0 Å². The molecular weight excluding hydrogens is 388 g/mol. The van der Waals surface area contributed by atoms with Gasteiger partial charge in [-0.05, 0) is 72.3 Å². The molecule has 1 aromatic heterocycles. The second kappa shape index (κ2) is 7.33. The van der Waals surface area contributed by atoms with Crippen molar-refractivity contribution < 1.29 is 8.42 Å². The minimum Gasteiger partial charge on any atom is -0.260 e. The fraction of sp³-hybridized carbons (Fsp3) is 0.389. The van der Waals surface area contributed by atoms with Crippen LogP contribution in [0.1, 0.15) is 24.1 Å². The Morgan fingerprint density at radius 1 is 1.12 bits per heavy atom. The molecule has 0 bridgehead atoms. The third-order valence-electron chi connectivity index (χ3n) is 4.52. The maximum Gasteiger partial charge on any atom is 0.243 e. The molecule has 2 aromatic rings. The first kappa shape index (κ1) is 17.6. The molecule has 0 N–H and O–H groups in total. The second-order valence-electron chi connectivity index (χ2n) is 6.33. The van der Waals surface area contributed by atoms with Crippen LogP contribution in [0.2, 0.25) is 0 Å². The quantitative estimate of drug-likeness (QED) is 0.772. The van der Waals surface area contributed by atoms with E-state index in [0.717, 1.165) is 35.0 Å². The van der Waals surface area contributed by atoms with Gasteiger partial charge in [0.1, 0.15) is 0 Å². The van der Waals surface area contributed by atoms with Crippen LogP contribution in [-0.4, -0.2) is 30.8 Å². The number of nitrogens with zero attached hydrogens (tertiary/aromatic N) is 2. The van der Waals surface area contributed by atoms with Crippen molar-refractivity contribution in [3.05, 3.63) is 58.3 Å². The minimum atomic E-state index is -3.37. The number of halogens is 1. The van der Waals surface area contributed by atoms with E-state index < -0.39 is 10.0 Å². The van der Waals surface area contributed by atoms with Crippen molar-refractivity contribution in [2.75, 3.05) is 13.1 Å². The third kappa shape index (κ3) is 4.05. The number of aromatic nitrogens is 1. The van der Waals surface area contributed by atoms with Crippen LogP contribution < -0.4 is 0 Å². The Labute approximate surface area is 152 Å². The predicted molar refractivity (Wildman–Crippen MR) is 98.3 cm³/mol. The van der Waals surface area contributed by atoms with Crippen LogP contribution in [0.3, 0.4) is 0 Å². The summed E-state index contributed by atoms with van der Waals surface area (Å²) in [6, 6.07) is 11.1. The van der Waals surface area contributed by atoms with Gasteiger partial charge in [-0.3, -0.25) is 4.98 Å². The Morgan fingerprint density at radius 2 is 1.79 bits per heavy atom. The highest BCUT2D eigenvalue weighted by Crippen LogP contribution is 2.26. The zero-order valence-corrected chi connectivity index (χ0v) is 16.1. The van der Waals surface area contributed by atoms with E-state index in [1.165, 1.54) is 0 Å². The van der Waals surface area contributed by atoms with E-state index >= 15 is 0 Å². The van der Waals surface area contributed by atoms with Gasteiger partial charge in [-0.2, -0.15) is 4.31 Å². The van der Waals surface area contributed by atoms with Gasteiger partial charge in [0.2, 0.25) is 10.0 Å². The van der Waals surface area contributed by atoms with Crippen molar-refractivity contribution >= 4 is 26.0 Å². The average molecular weight is 409 g/mol. The number of rotatable bonds is 4. The summed E-state index contributed by atoms with van der Waals surface area (Å²) in [6.45, 7) is 3.12. The van der Waals surface area contributed by atoms with Crippen molar-refractivity contribution in [1.29, 1.82) is 0 Å². The summed E-state index contributed by atoms with van der Waals surface area (Å²) >= 11 is 3.39. The van der Waals surface area contributed by atoms with Gasteiger partial charge >= 0.3 is 0 Å². The average Bonchev–Trinajstić information content (AvgIpc) is 2.58. The maximum atomic E-state index is 12.7. The lowest BCUT2D eigenvalue weighted by Crippen LogP contribution is -2.38. The molecule has 1 aliphatic rings. The Bertz CT molecular complexity index is 781. The lowest BCUT2D eigenvalue weighted by molar-refractivity contribution is 0.271. The summed E-state index contributed by atoms with van der Waals surface area (Å²) in [4.78, 5) is 4.81. The number of piperidine rings is 1. The van der Waals surface area contributed by atoms with Crippen LogP contribution in [0, 0.1) is 12.8 Å². The van der Waals surface area contributed by atoms with Gasteiger partial charge in [0.05, 0.1) is 4.90 Å². The first-order valence-corrected chi connectivity index (χ1v) is 10.4. The molecule has 0 saturated carbocycles. The summed E-state index contributed by atoms with van der Waals surface area (Å²) < 4.78 is 28.0. The molecule has 2 heterocycles. The van der Waals surface area contributed by atoms with E-state index in [-0.39, 0.29) is 0 Å². The van der Waals surface area contributed by atoms with E-state index in [4.69, 9.17) is 0 Å². The number of pyridine rings is 1. The van der Waals surface area contributed by atoms with Gasteiger partial charge in [0.15, 0.2) is 0 Å². The molecular formula is C18H21BrN2O2S. The molecule has 3 rings (SSSR count). The summed E-state index contributed by atoms with van der Waals surface area (Å²) in [5, 5.41) is 0. The van der Waals surface area contributed by atoms with Crippen molar-refractivity contribution in [3.8, 4) is 0 Å². The van der Waals surface area contributed by atoms with Crippen LogP contribution in [0.15, 0.2) is 52.0 Å². The predicted octanol–water partition coefficient (Wildman–Crippen LogP) is 3.80. The van der Waals surface area contributed by atoms with Crippen LogP contribution in [-0.2, 0) is 16.4 Å². The molecule has 24 heavy (non-hydrogen) atoms. The second-order valence-corrected chi connectivity index (χ2v) is 9.19. The molecule has 1 aromatic carbocycles. The van der Waals surface area contributed by atoms with Crippen molar-refractivity contribution in [2.45, 2.75) is 31.1 Å². The summed E-state index contributed by atoms with van der Waals surface area (Å²) in [5.74, 6) is 0.489. The van der Waals surface area contributed by atoms with Crippen molar-refractivity contribution in [2.24, 2.45) is 5.92 Å². The summed E-state index contributed by atoms with van der Waals surface area (Å²) in [5.41, 5.74) is 2.13. The van der Waals surface area contributed by atoms with Crippen LogP contribution in [0.5, 0.6) is 0 Å². The molecule has 1 fully saturated rings. The molecule has 128 valence electrons. The summed E-state index contributed by atoms with van der Waals surface area (Å²) in [6.07, 6.45) is 4.48. The molecule has 4 nitrogen and oxygen atoms in total. The van der Waals surface area contributed by atoms with Gasteiger partial charge in [-0.15, -0.1) is 0 Å². The van der Waals surface area contributed by atoms with Gasteiger partial charge in [-0.1, -0.05) is 17.7 Å². The smallest absolute Gasteiger partial charge is 0.243 e. The Balaban J connectivity index is 1.62. The van der Waals surface area contributed by atoms with E-state index in [1.807, 2.05) is 37.4 Å². The zero-order valence-electron chi connectivity index (χ0n) is 13.7. The van der Waals surface area contributed by atoms with Crippen molar-refractivity contribution in [1.82, 2.24) is 9.29 Å². The third-order valence-corrected chi connectivity index (χ3v) is 6.90. The maximum absolute atomic E-state index is 12.7. The highest BCUT2D eigenvalue weighted by molar-refractivity contribution is 9.10. The summed E-state index contributed by atoms with van der Waals surface area (Å²) in [7, 11) is -3.37. The monoisotopic (exact) mass is 408 g/mol. The SMILES string of the molecule is Cc1ccc(S(=O)(=O)N2CCC(Cc3ccc(Br)cn3)CC2)cc1. The minimum absolute atomic E-state index is 0.390. The zero-order chi connectivity index (χ0) is 17.2. The van der Waals surface area contributed by atoms with E-state index in [0.29, 0.717) is 23.9 Å². The van der Waals surface area contributed by atoms with Gasteiger partial charge in [-0.25, -0.2) is 8.42 Å². The molecule has 0 atom stereocenters. The van der Waals surface area contributed by atoms with Crippen LogP contribution >= 0.6 is 15.9 Å². The first-order valence-electron chi connectivity index (χ1n) is 8.12. The number of benzene rings is 1. The largest absolute Gasteiger partial charge is 0.260 e. The molecule has 0 unspecified atom stereocenters. The highest BCUT2D eigenvalue weighted by Gasteiger charge is 2.29. The fourth-order valence-electron chi connectivity index (χ4n) is 3.04. The van der Waals surface area contributed by atoms with E-state index in [2.05, 4.69) is 20.9 Å². The molecule has 1 aliphatic heterocycles. The standard InChI is InChI=1S/C18H21BrN2O2S/c1-14-2-6-18(7-3-14)24(22,23)21-10-8-15(9-11-21)12-17-5-4-16(19)13-20-17/h2-7,13,15H,8-12H2,1H3. The van der Waals surface area contributed by atoms with Gasteiger partial charge in [0.25, 0.3) is 0 Å². The topological polar surface area (TPSA) is 50.3 Å². The molecule has 0 spiro atoms. The number of hydrogen-bond acceptors (Lipinski definition) is 3. The normalized spacial score (nSPS) is 17.1. The fourth-order valence-corrected chi connectivity index (χ4v) is 4.74. The lowest BCUT2D eigenvalue weighted by Gasteiger charge is -2.31. The van der Waals surface area contributed by atoms with Gasteiger partial charge < -0.3 is 0 Å². The molecule has 0 amide bonds.